The third kappa shape index (κ3) is 1.98. The van der Waals surface area contributed by atoms with Crippen molar-refractivity contribution in [3.05, 3.63) is 53.0 Å². The molecule has 2 aromatic carbocycles. The van der Waals surface area contributed by atoms with Gasteiger partial charge in [0.25, 0.3) is 0 Å². The SMILES string of the molecule is CCC(=CBr)c1cccc2ccccc12. The van der Waals surface area contributed by atoms with Crippen LogP contribution in [0.25, 0.3) is 16.3 Å². The Kier molecular flexibility index (Phi) is 3.22. The molecule has 15 heavy (non-hydrogen) atoms. The smallest absolute Gasteiger partial charge is 0.0108 e. The molecular formula is C14H13Br. The van der Waals surface area contributed by atoms with Crippen molar-refractivity contribution >= 4 is 32.3 Å². The number of allylic oxidation sites excluding steroid dienone is 1. The van der Waals surface area contributed by atoms with Crippen molar-refractivity contribution in [3.63, 3.8) is 0 Å². The number of rotatable bonds is 2. The van der Waals surface area contributed by atoms with Gasteiger partial charge in [0, 0.05) is 0 Å². The molecule has 0 amide bonds. The molecule has 0 fully saturated rings. The van der Waals surface area contributed by atoms with E-state index in [9.17, 15) is 0 Å². The zero-order valence-electron chi connectivity index (χ0n) is 8.70. The Bertz CT molecular complexity index is 492. The van der Waals surface area contributed by atoms with E-state index >= 15 is 0 Å². The fraction of sp³-hybridized carbons (Fsp3) is 0.143. The molecular weight excluding hydrogens is 248 g/mol. The van der Waals surface area contributed by atoms with Crippen molar-refractivity contribution in [3.8, 4) is 0 Å². The fourth-order valence-electron chi connectivity index (χ4n) is 1.83. The van der Waals surface area contributed by atoms with E-state index in [0.29, 0.717) is 0 Å². The van der Waals surface area contributed by atoms with Gasteiger partial charge in [-0.3, -0.25) is 0 Å². The number of halogens is 1. The van der Waals surface area contributed by atoms with Crippen LogP contribution in [-0.2, 0) is 0 Å². The van der Waals surface area contributed by atoms with Crippen LogP contribution in [0.4, 0.5) is 0 Å². The second kappa shape index (κ2) is 4.63. The summed E-state index contributed by atoms with van der Waals surface area (Å²) in [6, 6.07) is 14.9. The summed E-state index contributed by atoms with van der Waals surface area (Å²) in [5, 5.41) is 2.63. The molecule has 0 N–H and O–H groups in total. The van der Waals surface area contributed by atoms with E-state index in [4.69, 9.17) is 0 Å². The lowest BCUT2D eigenvalue weighted by atomic mass is 9.98. The quantitative estimate of drug-likeness (QED) is 0.714. The van der Waals surface area contributed by atoms with Gasteiger partial charge in [-0.05, 0) is 33.3 Å². The second-order valence-corrected chi connectivity index (χ2v) is 3.97. The normalized spacial score (nSPS) is 12.0. The van der Waals surface area contributed by atoms with Crippen molar-refractivity contribution in [1.82, 2.24) is 0 Å². The van der Waals surface area contributed by atoms with Gasteiger partial charge in [-0.25, -0.2) is 0 Å². The van der Waals surface area contributed by atoms with E-state index in [1.54, 1.807) is 0 Å². The van der Waals surface area contributed by atoms with E-state index in [2.05, 4.69) is 65.3 Å². The third-order valence-electron chi connectivity index (χ3n) is 2.65. The van der Waals surface area contributed by atoms with Crippen LogP contribution in [0, 0.1) is 0 Å². The monoisotopic (exact) mass is 260 g/mol. The lowest BCUT2D eigenvalue weighted by Gasteiger charge is -2.07. The van der Waals surface area contributed by atoms with E-state index in [1.807, 2.05) is 4.99 Å². The number of fused-ring (bicyclic) bond motifs is 1. The van der Waals surface area contributed by atoms with Crippen molar-refractivity contribution < 1.29 is 0 Å². The highest BCUT2D eigenvalue weighted by Crippen LogP contribution is 2.27. The fourth-order valence-corrected chi connectivity index (χ4v) is 2.40. The maximum atomic E-state index is 3.44. The predicted octanol–water partition coefficient (Wildman–Crippen LogP) is 4.99. The van der Waals surface area contributed by atoms with Crippen LogP contribution in [0.15, 0.2) is 47.4 Å². The third-order valence-corrected chi connectivity index (χ3v) is 3.20. The molecule has 0 saturated heterocycles. The summed E-state index contributed by atoms with van der Waals surface area (Å²) in [7, 11) is 0. The van der Waals surface area contributed by atoms with Gasteiger partial charge < -0.3 is 0 Å². The summed E-state index contributed by atoms with van der Waals surface area (Å²) in [4.78, 5) is 2.02. The van der Waals surface area contributed by atoms with Crippen LogP contribution in [-0.4, -0.2) is 0 Å². The molecule has 0 spiro atoms. The molecule has 76 valence electrons. The average molecular weight is 261 g/mol. The first-order valence-electron chi connectivity index (χ1n) is 5.14. The molecule has 2 aromatic rings. The van der Waals surface area contributed by atoms with E-state index in [1.165, 1.54) is 21.9 Å². The Labute approximate surface area is 98.8 Å². The van der Waals surface area contributed by atoms with Gasteiger partial charge in [0.1, 0.15) is 0 Å². The molecule has 0 nitrogen and oxygen atoms in total. The largest absolute Gasteiger partial charge is 0.0616 e. The van der Waals surface area contributed by atoms with Crippen LogP contribution in [0.3, 0.4) is 0 Å². The maximum absolute atomic E-state index is 3.44. The van der Waals surface area contributed by atoms with Gasteiger partial charge in [-0.2, -0.15) is 0 Å². The van der Waals surface area contributed by atoms with Gasteiger partial charge in [0.15, 0.2) is 0 Å². The van der Waals surface area contributed by atoms with E-state index in [0.717, 1.165) is 6.42 Å². The molecule has 0 aromatic heterocycles. The van der Waals surface area contributed by atoms with Crippen molar-refractivity contribution in [2.45, 2.75) is 13.3 Å². The van der Waals surface area contributed by atoms with Gasteiger partial charge in [0.2, 0.25) is 0 Å². The van der Waals surface area contributed by atoms with Crippen LogP contribution < -0.4 is 0 Å². The summed E-state index contributed by atoms with van der Waals surface area (Å²) in [5.74, 6) is 0. The molecule has 0 radical (unpaired) electrons. The zero-order chi connectivity index (χ0) is 10.7. The van der Waals surface area contributed by atoms with Gasteiger partial charge >= 0.3 is 0 Å². The van der Waals surface area contributed by atoms with E-state index < -0.39 is 0 Å². The first-order valence-corrected chi connectivity index (χ1v) is 6.05. The summed E-state index contributed by atoms with van der Waals surface area (Å²) in [5.41, 5.74) is 2.67. The maximum Gasteiger partial charge on any atom is -0.0108 e. The summed E-state index contributed by atoms with van der Waals surface area (Å²) >= 11 is 3.44. The molecule has 0 aliphatic carbocycles. The molecule has 0 saturated carbocycles. The first-order chi connectivity index (χ1) is 7.36. The summed E-state index contributed by atoms with van der Waals surface area (Å²) < 4.78 is 0. The van der Waals surface area contributed by atoms with Crippen LogP contribution >= 0.6 is 15.9 Å². The minimum absolute atomic E-state index is 1.04. The topological polar surface area (TPSA) is 0 Å². The number of benzene rings is 2. The van der Waals surface area contributed by atoms with Crippen LogP contribution in [0.2, 0.25) is 0 Å². The Morgan fingerprint density at radius 2 is 1.87 bits per heavy atom. The molecule has 0 atom stereocenters. The minimum atomic E-state index is 1.04. The molecule has 0 aliphatic rings. The zero-order valence-corrected chi connectivity index (χ0v) is 10.3. The van der Waals surface area contributed by atoms with Crippen molar-refractivity contribution in [2.24, 2.45) is 0 Å². The number of hydrogen-bond donors (Lipinski definition) is 0. The first kappa shape index (κ1) is 10.4. The highest BCUT2D eigenvalue weighted by Gasteiger charge is 2.03. The second-order valence-electron chi connectivity index (χ2n) is 3.51. The lowest BCUT2D eigenvalue weighted by Crippen LogP contribution is -1.84. The Hall–Kier alpha value is -1.08. The predicted molar refractivity (Wildman–Crippen MR) is 71.1 cm³/mol. The summed E-state index contributed by atoms with van der Waals surface area (Å²) in [6.07, 6.45) is 1.04. The molecule has 0 heterocycles. The number of hydrogen-bond acceptors (Lipinski definition) is 0. The van der Waals surface area contributed by atoms with Gasteiger partial charge in [-0.1, -0.05) is 65.3 Å². The molecule has 0 unspecified atom stereocenters. The Balaban J connectivity index is 2.71. The van der Waals surface area contributed by atoms with Gasteiger partial charge in [-0.15, -0.1) is 0 Å². The van der Waals surface area contributed by atoms with Crippen molar-refractivity contribution in [1.29, 1.82) is 0 Å². The summed E-state index contributed by atoms with van der Waals surface area (Å²) in [6.45, 7) is 2.18. The van der Waals surface area contributed by atoms with Crippen LogP contribution in [0.1, 0.15) is 18.9 Å². The Morgan fingerprint density at radius 3 is 2.60 bits per heavy atom. The molecule has 1 heteroatoms. The van der Waals surface area contributed by atoms with Gasteiger partial charge in [0.05, 0.1) is 0 Å². The Morgan fingerprint density at radius 1 is 1.13 bits per heavy atom. The lowest BCUT2D eigenvalue weighted by molar-refractivity contribution is 1.25. The van der Waals surface area contributed by atoms with Crippen LogP contribution in [0.5, 0.6) is 0 Å². The molecule has 2 rings (SSSR count). The van der Waals surface area contributed by atoms with E-state index in [-0.39, 0.29) is 0 Å². The molecule has 0 bridgehead atoms. The average Bonchev–Trinajstić information content (AvgIpc) is 2.31. The van der Waals surface area contributed by atoms with Crippen molar-refractivity contribution in [2.75, 3.05) is 0 Å². The molecule has 0 aliphatic heterocycles. The standard InChI is InChI=1S/C14H13Br/c1-2-11(10-15)13-9-5-7-12-6-3-4-8-14(12)13/h3-10H,2H2,1H3. The highest BCUT2D eigenvalue weighted by molar-refractivity contribution is 9.11. The highest BCUT2D eigenvalue weighted by atomic mass is 79.9. The minimum Gasteiger partial charge on any atom is -0.0616 e.